The molecule has 116 valence electrons. The second-order valence-corrected chi connectivity index (χ2v) is 4.52. The summed E-state index contributed by atoms with van der Waals surface area (Å²) >= 11 is 0. The van der Waals surface area contributed by atoms with E-state index in [2.05, 4.69) is 0 Å². The SMILES string of the molecule is CCOC(=O)C(Cc1ccc(C(F)(F)F)cc1)C(=O)CC. The van der Waals surface area contributed by atoms with Crippen LogP contribution in [0.25, 0.3) is 0 Å². The molecule has 0 spiro atoms. The number of rotatable bonds is 6. The summed E-state index contributed by atoms with van der Waals surface area (Å²) in [4.78, 5) is 23.5. The van der Waals surface area contributed by atoms with E-state index in [4.69, 9.17) is 4.74 Å². The summed E-state index contributed by atoms with van der Waals surface area (Å²) in [7, 11) is 0. The number of carbonyl (C=O) groups is 2. The molecular weight excluding hydrogens is 285 g/mol. The van der Waals surface area contributed by atoms with Crippen molar-refractivity contribution < 1.29 is 27.5 Å². The van der Waals surface area contributed by atoms with Gasteiger partial charge in [-0.15, -0.1) is 0 Å². The van der Waals surface area contributed by atoms with Crippen LogP contribution in [0.3, 0.4) is 0 Å². The monoisotopic (exact) mass is 302 g/mol. The first kappa shape index (κ1) is 17.2. The highest BCUT2D eigenvalue weighted by molar-refractivity contribution is 5.99. The molecule has 0 saturated heterocycles. The zero-order valence-corrected chi connectivity index (χ0v) is 11.9. The van der Waals surface area contributed by atoms with Crippen LogP contribution in [-0.2, 0) is 26.9 Å². The molecule has 0 N–H and O–H groups in total. The minimum atomic E-state index is -4.40. The van der Waals surface area contributed by atoms with Gasteiger partial charge in [-0.05, 0) is 31.0 Å². The predicted molar refractivity (Wildman–Crippen MR) is 70.6 cm³/mol. The number of esters is 1. The van der Waals surface area contributed by atoms with Gasteiger partial charge < -0.3 is 4.74 Å². The Labute approximate surface area is 121 Å². The van der Waals surface area contributed by atoms with Crippen LogP contribution in [0, 0.1) is 5.92 Å². The number of Topliss-reactive ketones (excluding diaryl/α,β-unsaturated/α-hetero) is 1. The molecule has 3 nitrogen and oxygen atoms in total. The molecule has 0 aliphatic carbocycles. The molecule has 0 aliphatic rings. The molecule has 0 bridgehead atoms. The van der Waals surface area contributed by atoms with E-state index in [1.807, 2.05) is 0 Å². The number of ketones is 1. The van der Waals surface area contributed by atoms with Crippen molar-refractivity contribution in [1.82, 2.24) is 0 Å². The van der Waals surface area contributed by atoms with E-state index < -0.39 is 23.6 Å². The zero-order valence-electron chi connectivity index (χ0n) is 11.9. The van der Waals surface area contributed by atoms with Crippen LogP contribution < -0.4 is 0 Å². The third-order valence-corrected chi connectivity index (χ3v) is 3.03. The molecule has 21 heavy (non-hydrogen) atoms. The van der Waals surface area contributed by atoms with E-state index in [0.717, 1.165) is 12.1 Å². The number of ether oxygens (including phenoxy) is 1. The quantitative estimate of drug-likeness (QED) is 0.597. The van der Waals surface area contributed by atoms with Crippen molar-refractivity contribution in [2.75, 3.05) is 6.61 Å². The van der Waals surface area contributed by atoms with Gasteiger partial charge in [-0.1, -0.05) is 19.1 Å². The Hall–Kier alpha value is -1.85. The summed E-state index contributed by atoms with van der Waals surface area (Å²) in [6.07, 6.45) is -4.19. The van der Waals surface area contributed by atoms with Gasteiger partial charge in [0.05, 0.1) is 12.2 Å². The van der Waals surface area contributed by atoms with Gasteiger partial charge in [-0.3, -0.25) is 9.59 Å². The smallest absolute Gasteiger partial charge is 0.416 e. The summed E-state index contributed by atoms with van der Waals surface area (Å²) in [5, 5.41) is 0. The lowest BCUT2D eigenvalue weighted by Crippen LogP contribution is -2.27. The van der Waals surface area contributed by atoms with Gasteiger partial charge >= 0.3 is 12.1 Å². The second-order valence-electron chi connectivity index (χ2n) is 4.52. The van der Waals surface area contributed by atoms with Crippen molar-refractivity contribution in [2.45, 2.75) is 32.9 Å². The number of carbonyl (C=O) groups excluding carboxylic acids is 2. The van der Waals surface area contributed by atoms with E-state index in [1.54, 1.807) is 13.8 Å². The molecule has 1 aromatic rings. The van der Waals surface area contributed by atoms with Gasteiger partial charge in [0.1, 0.15) is 11.7 Å². The lowest BCUT2D eigenvalue weighted by atomic mass is 9.93. The highest BCUT2D eigenvalue weighted by atomic mass is 19.4. The van der Waals surface area contributed by atoms with Gasteiger partial charge in [0.2, 0.25) is 0 Å². The Kier molecular flexibility index (Phi) is 5.93. The van der Waals surface area contributed by atoms with Gasteiger partial charge in [0.25, 0.3) is 0 Å². The molecular formula is C15H17F3O3. The van der Waals surface area contributed by atoms with E-state index in [9.17, 15) is 22.8 Å². The summed E-state index contributed by atoms with van der Waals surface area (Å²) in [5.74, 6) is -1.88. The third-order valence-electron chi connectivity index (χ3n) is 3.03. The number of halogens is 3. The largest absolute Gasteiger partial charge is 0.465 e. The minimum absolute atomic E-state index is 0.0453. The van der Waals surface area contributed by atoms with Crippen molar-refractivity contribution in [1.29, 1.82) is 0 Å². The van der Waals surface area contributed by atoms with E-state index in [-0.39, 0.29) is 25.2 Å². The highest BCUT2D eigenvalue weighted by Gasteiger charge is 2.31. The maximum Gasteiger partial charge on any atom is 0.416 e. The van der Waals surface area contributed by atoms with Gasteiger partial charge in [0, 0.05) is 6.42 Å². The van der Waals surface area contributed by atoms with Crippen LogP contribution in [0.1, 0.15) is 31.4 Å². The fourth-order valence-electron chi connectivity index (χ4n) is 1.88. The van der Waals surface area contributed by atoms with Crippen molar-refractivity contribution in [3.8, 4) is 0 Å². The molecule has 1 aromatic carbocycles. The number of benzene rings is 1. The molecule has 1 atom stereocenters. The molecule has 1 rings (SSSR count). The topological polar surface area (TPSA) is 43.4 Å². The lowest BCUT2D eigenvalue weighted by Gasteiger charge is -2.14. The van der Waals surface area contributed by atoms with E-state index in [1.165, 1.54) is 12.1 Å². The average molecular weight is 302 g/mol. The van der Waals surface area contributed by atoms with Crippen LogP contribution >= 0.6 is 0 Å². The highest BCUT2D eigenvalue weighted by Crippen LogP contribution is 2.29. The second kappa shape index (κ2) is 7.24. The molecule has 0 heterocycles. The summed E-state index contributed by atoms with van der Waals surface area (Å²) < 4.78 is 42.2. The van der Waals surface area contributed by atoms with Crippen molar-refractivity contribution in [2.24, 2.45) is 5.92 Å². The molecule has 0 aliphatic heterocycles. The average Bonchev–Trinajstić information content (AvgIpc) is 2.43. The molecule has 0 radical (unpaired) electrons. The number of hydrogen-bond donors (Lipinski definition) is 0. The van der Waals surface area contributed by atoms with Gasteiger partial charge in [-0.25, -0.2) is 0 Å². The van der Waals surface area contributed by atoms with Crippen molar-refractivity contribution in [3.05, 3.63) is 35.4 Å². The van der Waals surface area contributed by atoms with Crippen LogP contribution in [0.2, 0.25) is 0 Å². The van der Waals surface area contributed by atoms with E-state index in [0.29, 0.717) is 5.56 Å². The van der Waals surface area contributed by atoms with E-state index >= 15 is 0 Å². The normalized spacial score (nSPS) is 12.8. The molecule has 6 heteroatoms. The maximum absolute atomic E-state index is 12.5. The first-order chi connectivity index (χ1) is 9.79. The van der Waals surface area contributed by atoms with Crippen molar-refractivity contribution >= 4 is 11.8 Å². The summed E-state index contributed by atoms with van der Waals surface area (Å²) in [5.41, 5.74) is -0.274. The Morgan fingerprint density at radius 1 is 1.14 bits per heavy atom. The Balaban J connectivity index is 2.89. The summed E-state index contributed by atoms with van der Waals surface area (Å²) in [6.45, 7) is 3.41. The Bertz CT molecular complexity index is 492. The van der Waals surface area contributed by atoms with Crippen molar-refractivity contribution in [3.63, 3.8) is 0 Å². The fourth-order valence-corrected chi connectivity index (χ4v) is 1.88. The molecule has 0 fully saturated rings. The zero-order chi connectivity index (χ0) is 16.0. The van der Waals surface area contributed by atoms with Gasteiger partial charge in [0.15, 0.2) is 0 Å². The standard InChI is InChI=1S/C15H17F3O3/c1-3-13(19)12(14(20)21-4-2)9-10-5-7-11(8-6-10)15(16,17)18/h5-8,12H,3-4,9H2,1-2H3. The minimum Gasteiger partial charge on any atom is -0.465 e. The Morgan fingerprint density at radius 3 is 2.14 bits per heavy atom. The van der Waals surface area contributed by atoms with Crippen LogP contribution in [0.15, 0.2) is 24.3 Å². The predicted octanol–water partition coefficient (Wildman–Crippen LogP) is 3.41. The van der Waals surface area contributed by atoms with Crippen LogP contribution in [0.4, 0.5) is 13.2 Å². The Morgan fingerprint density at radius 2 is 1.71 bits per heavy atom. The first-order valence-corrected chi connectivity index (χ1v) is 6.65. The van der Waals surface area contributed by atoms with Crippen LogP contribution in [0.5, 0.6) is 0 Å². The fraction of sp³-hybridized carbons (Fsp3) is 0.467. The molecule has 0 amide bonds. The lowest BCUT2D eigenvalue weighted by molar-refractivity contribution is -0.151. The molecule has 0 aromatic heterocycles. The summed E-state index contributed by atoms with van der Waals surface area (Å²) in [6, 6.07) is 4.43. The number of alkyl halides is 3. The molecule has 1 unspecified atom stereocenters. The van der Waals surface area contributed by atoms with Crippen LogP contribution in [-0.4, -0.2) is 18.4 Å². The number of hydrogen-bond acceptors (Lipinski definition) is 3. The third kappa shape index (κ3) is 4.88. The van der Waals surface area contributed by atoms with Gasteiger partial charge in [-0.2, -0.15) is 13.2 Å². The first-order valence-electron chi connectivity index (χ1n) is 6.65. The maximum atomic E-state index is 12.5. The molecule has 0 saturated carbocycles.